The van der Waals surface area contributed by atoms with Crippen molar-refractivity contribution in [3.05, 3.63) is 17.7 Å². The maximum Gasteiger partial charge on any atom is 0.262 e. The average molecular weight is 389 g/mol. The normalized spacial score (nSPS) is 19.8. The van der Waals surface area contributed by atoms with Crippen LogP contribution in [0.4, 0.5) is 5.69 Å². The van der Waals surface area contributed by atoms with Crippen LogP contribution in [-0.2, 0) is 24.8 Å². The van der Waals surface area contributed by atoms with Crippen molar-refractivity contribution < 1.29 is 26.4 Å². The number of piperazine rings is 1. The summed E-state index contributed by atoms with van der Waals surface area (Å²) < 4.78 is 56.8. The van der Waals surface area contributed by atoms with Gasteiger partial charge in [-0.2, -0.15) is 8.61 Å². The summed E-state index contributed by atoms with van der Waals surface area (Å²) in [5.74, 6) is 0.0120. The minimum atomic E-state index is -3.79. The van der Waals surface area contributed by atoms with Gasteiger partial charge < -0.3 is 10.1 Å². The third-order valence-corrected chi connectivity index (χ3v) is 7.54. The van der Waals surface area contributed by atoms with Crippen molar-refractivity contribution in [1.82, 2.24) is 8.61 Å². The second kappa shape index (κ2) is 6.24. The number of rotatable bonds is 3. The van der Waals surface area contributed by atoms with Gasteiger partial charge in [0.15, 0.2) is 6.61 Å². The highest BCUT2D eigenvalue weighted by atomic mass is 32.2. The first kappa shape index (κ1) is 18.1. The van der Waals surface area contributed by atoms with Crippen molar-refractivity contribution in [1.29, 1.82) is 0 Å². The van der Waals surface area contributed by atoms with E-state index in [2.05, 4.69) is 5.32 Å². The van der Waals surface area contributed by atoms with Gasteiger partial charge in [0.2, 0.25) is 20.0 Å². The van der Waals surface area contributed by atoms with Crippen LogP contribution < -0.4 is 10.1 Å². The Morgan fingerprint density at radius 2 is 1.64 bits per heavy atom. The molecule has 1 aromatic carbocycles. The fourth-order valence-electron chi connectivity index (χ4n) is 2.87. The molecule has 9 nitrogen and oxygen atoms in total. The van der Waals surface area contributed by atoms with Gasteiger partial charge in [0, 0.05) is 32.2 Å². The Bertz CT molecular complexity index is 918. The van der Waals surface area contributed by atoms with Crippen molar-refractivity contribution in [3.63, 3.8) is 0 Å². The predicted octanol–water partition coefficient (Wildman–Crippen LogP) is -0.408. The molecule has 1 N–H and O–H groups in total. The summed E-state index contributed by atoms with van der Waals surface area (Å²) in [6, 6.07) is 2.97. The zero-order valence-electron chi connectivity index (χ0n) is 13.9. The molecule has 2 heterocycles. The van der Waals surface area contributed by atoms with Crippen LogP contribution in [0.15, 0.2) is 17.0 Å². The van der Waals surface area contributed by atoms with E-state index in [1.165, 1.54) is 14.7 Å². The van der Waals surface area contributed by atoms with Gasteiger partial charge in [0.05, 0.1) is 16.8 Å². The molecule has 0 aromatic heterocycles. The second-order valence-corrected chi connectivity index (χ2v) is 9.91. The van der Waals surface area contributed by atoms with Crippen molar-refractivity contribution in [2.24, 2.45) is 0 Å². The molecule has 1 saturated heterocycles. The molecule has 1 aromatic rings. The lowest BCUT2D eigenvalue weighted by Gasteiger charge is -2.33. The Morgan fingerprint density at radius 3 is 2.24 bits per heavy atom. The van der Waals surface area contributed by atoms with Gasteiger partial charge in [-0.3, -0.25) is 4.79 Å². The number of nitrogens with one attached hydrogen (secondary N) is 1. The quantitative estimate of drug-likeness (QED) is 0.752. The van der Waals surface area contributed by atoms with Crippen molar-refractivity contribution in [2.75, 3.05) is 44.4 Å². The summed E-state index contributed by atoms with van der Waals surface area (Å²) >= 11 is 0. The number of nitrogens with zero attached hydrogens (tertiary/aromatic N) is 2. The molecule has 0 bridgehead atoms. The van der Waals surface area contributed by atoms with Crippen LogP contribution in [-0.4, -0.2) is 70.4 Å². The summed E-state index contributed by atoms with van der Waals surface area (Å²) in [4.78, 5) is 11.5. The van der Waals surface area contributed by atoms with Gasteiger partial charge in [-0.25, -0.2) is 16.8 Å². The number of carbonyl (C=O) groups excluding carboxylic acids is 1. The summed E-state index contributed by atoms with van der Waals surface area (Å²) in [5.41, 5.74) is 0.921. The van der Waals surface area contributed by atoms with E-state index in [4.69, 9.17) is 4.74 Å². The topological polar surface area (TPSA) is 113 Å². The third-order valence-electron chi connectivity index (χ3n) is 4.19. The van der Waals surface area contributed by atoms with Gasteiger partial charge in [-0.1, -0.05) is 0 Å². The van der Waals surface area contributed by atoms with Gasteiger partial charge in [-0.05, 0) is 18.6 Å². The highest BCUT2D eigenvalue weighted by Crippen LogP contribution is 2.34. The molecule has 138 valence electrons. The highest BCUT2D eigenvalue weighted by molar-refractivity contribution is 7.89. The Balaban J connectivity index is 1.87. The highest BCUT2D eigenvalue weighted by Gasteiger charge is 2.33. The lowest BCUT2D eigenvalue weighted by Crippen LogP contribution is -2.50. The van der Waals surface area contributed by atoms with E-state index in [9.17, 15) is 21.6 Å². The van der Waals surface area contributed by atoms with E-state index in [1.54, 1.807) is 13.0 Å². The fourth-order valence-corrected chi connectivity index (χ4v) is 5.35. The number of aryl methyl sites for hydroxylation is 1. The van der Waals surface area contributed by atoms with E-state index in [0.29, 0.717) is 17.0 Å². The maximum atomic E-state index is 12.9. The molecule has 11 heteroatoms. The number of hydrogen-bond acceptors (Lipinski definition) is 6. The smallest absolute Gasteiger partial charge is 0.262 e. The molecule has 2 aliphatic heterocycles. The molecule has 1 amide bonds. The lowest BCUT2D eigenvalue weighted by atomic mass is 10.2. The second-order valence-electron chi connectivity index (χ2n) is 6.02. The fraction of sp³-hybridized carbons (Fsp3) is 0.500. The van der Waals surface area contributed by atoms with Crippen LogP contribution >= 0.6 is 0 Å². The zero-order chi connectivity index (χ0) is 18.4. The lowest BCUT2D eigenvalue weighted by molar-refractivity contribution is -0.118. The van der Waals surface area contributed by atoms with Crippen molar-refractivity contribution >= 4 is 31.6 Å². The van der Waals surface area contributed by atoms with Crippen LogP contribution in [0.5, 0.6) is 5.75 Å². The van der Waals surface area contributed by atoms with Crippen LogP contribution in [0.25, 0.3) is 0 Å². The van der Waals surface area contributed by atoms with Crippen LogP contribution in [0.2, 0.25) is 0 Å². The number of ether oxygens (including phenoxy) is 1. The monoisotopic (exact) mass is 389 g/mol. The van der Waals surface area contributed by atoms with E-state index in [0.717, 1.165) is 6.26 Å². The Labute approximate surface area is 146 Å². The number of anilines is 1. The minimum Gasteiger partial charge on any atom is -0.482 e. The SMILES string of the molecule is Cc1cc2c(cc1S(=O)(=O)N1CCN(S(C)(=O)=O)CC1)OCC(=O)N2. The largest absolute Gasteiger partial charge is 0.482 e. The van der Waals surface area contributed by atoms with Crippen molar-refractivity contribution in [2.45, 2.75) is 11.8 Å². The standard InChI is InChI=1S/C14H19N3O6S2/c1-10-7-11-12(23-9-14(18)15-11)8-13(10)25(21,22)17-5-3-16(4-6-17)24(2,19)20/h7-8H,3-6,9H2,1-2H3,(H,15,18). The molecular weight excluding hydrogens is 370 g/mol. The third kappa shape index (κ3) is 3.50. The first-order valence-electron chi connectivity index (χ1n) is 7.61. The van der Waals surface area contributed by atoms with Crippen molar-refractivity contribution in [3.8, 4) is 5.75 Å². The average Bonchev–Trinajstić information content (AvgIpc) is 2.53. The summed E-state index contributed by atoms with van der Waals surface area (Å²) in [6.07, 6.45) is 1.11. The van der Waals surface area contributed by atoms with Gasteiger partial charge in [0.1, 0.15) is 5.75 Å². The van der Waals surface area contributed by atoms with E-state index >= 15 is 0 Å². The number of fused-ring (bicyclic) bond motifs is 1. The number of hydrogen-bond donors (Lipinski definition) is 1. The molecule has 2 aliphatic rings. The minimum absolute atomic E-state index is 0.0868. The van der Waals surface area contributed by atoms with Crippen LogP contribution in [0.1, 0.15) is 5.56 Å². The molecule has 0 atom stereocenters. The van der Waals surface area contributed by atoms with Gasteiger partial charge in [0.25, 0.3) is 5.91 Å². The molecule has 0 aliphatic carbocycles. The first-order chi connectivity index (χ1) is 11.6. The molecule has 3 rings (SSSR count). The molecule has 0 spiro atoms. The molecule has 0 unspecified atom stereocenters. The molecule has 1 fully saturated rings. The molecular formula is C14H19N3O6S2. The molecule has 0 saturated carbocycles. The van der Waals surface area contributed by atoms with Crippen LogP contribution in [0, 0.1) is 6.92 Å². The predicted molar refractivity (Wildman–Crippen MR) is 90.5 cm³/mol. The Morgan fingerprint density at radius 1 is 1.04 bits per heavy atom. The Kier molecular flexibility index (Phi) is 4.52. The summed E-state index contributed by atoms with van der Waals surface area (Å²) in [7, 11) is -7.12. The number of benzene rings is 1. The number of sulfonamides is 2. The zero-order valence-corrected chi connectivity index (χ0v) is 15.5. The van der Waals surface area contributed by atoms with E-state index in [1.807, 2.05) is 0 Å². The summed E-state index contributed by atoms with van der Waals surface area (Å²) in [5, 5.41) is 2.64. The number of amides is 1. The number of carbonyl (C=O) groups is 1. The van der Waals surface area contributed by atoms with Gasteiger partial charge in [-0.15, -0.1) is 0 Å². The Hall–Kier alpha value is -1.69. The first-order valence-corrected chi connectivity index (χ1v) is 10.9. The molecule has 25 heavy (non-hydrogen) atoms. The summed E-state index contributed by atoms with van der Waals surface area (Å²) in [6.45, 7) is 1.89. The molecule has 0 radical (unpaired) electrons. The van der Waals surface area contributed by atoms with E-state index < -0.39 is 20.0 Å². The van der Waals surface area contributed by atoms with E-state index in [-0.39, 0.29) is 43.6 Å². The van der Waals surface area contributed by atoms with Crippen LogP contribution in [0.3, 0.4) is 0 Å². The van der Waals surface area contributed by atoms with Gasteiger partial charge >= 0.3 is 0 Å². The maximum absolute atomic E-state index is 12.9.